The highest BCUT2D eigenvalue weighted by molar-refractivity contribution is 5.93. The Morgan fingerprint density at radius 1 is 1.47 bits per heavy atom. The van der Waals surface area contributed by atoms with Crippen molar-refractivity contribution < 1.29 is 9.21 Å². The Morgan fingerprint density at radius 3 is 3.05 bits per heavy atom. The van der Waals surface area contributed by atoms with E-state index in [1.54, 1.807) is 6.92 Å². The Kier molecular flexibility index (Phi) is 3.28. The van der Waals surface area contributed by atoms with Crippen LogP contribution in [0.1, 0.15) is 22.7 Å². The molecule has 2 aliphatic rings. The van der Waals surface area contributed by atoms with Crippen molar-refractivity contribution in [2.45, 2.75) is 25.4 Å². The van der Waals surface area contributed by atoms with Gasteiger partial charge in [-0.2, -0.15) is 0 Å². The number of likely N-dealkylation sites (N-methyl/N-ethyl adjacent to an activating group) is 1. The molecule has 2 aliphatic heterocycles. The molecule has 1 amide bonds. The molecular formula is C13H20N4O2. The number of carbonyl (C=O) groups excluding carboxylic acids is 1. The molecule has 3 heterocycles. The molecule has 0 saturated carbocycles. The minimum Gasteiger partial charge on any atom is -0.448 e. The maximum absolute atomic E-state index is 12.1. The fourth-order valence-corrected chi connectivity index (χ4v) is 3.08. The lowest BCUT2D eigenvalue weighted by Crippen LogP contribution is -2.48. The minimum atomic E-state index is -0.121. The third kappa shape index (κ3) is 2.50. The number of nitrogens with zero attached hydrogens (tertiary/aromatic N) is 3. The number of hydrogen-bond donors (Lipinski definition) is 1. The number of rotatable bonds is 2. The number of carbonyl (C=O) groups is 1. The maximum atomic E-state index is 12.1. The molecule has 1 aromatic heterocycles. The summed E-state index contributed by atoms with van der Waals surface area (Å²) in [6.45, 7) is 6.00. The smallest absolute Gasteiger partial charge is 0.273 e. The minimum absolute atomic E-state index is 0.121. The fourth-order valence-electron chi connectivity index (χ4n) is 3.08. The van der Waals surface area contributed by atoms with E-state index in [0.29, 0.717) is 17.5 Å². The van der Waals surface area contributed by atoms with Gasteiger partial charge in [-0.05, 0) is 20.4 Å². The quantitative estimate of drug-likeness (QED) is 0.821. The summed E-state index contributed by atoms with van der Waals surface area (Å²) in [5.41, 5.74) is 0.405. The molecule has 2 atom stereocenters. The molecule has 0 aliphatic carbocycles. The zero-order chi connectivity index (χ0) is 13.4. The first kappa shape index (κ1) is 12.6. The summed E-state index contributed by atoms with van der Waals surface area (Å²) in [4.78, 5) is 20.9. The Balaban J connectivity index is 1.60. The van der Waals surface area contributed by atoms with Crippen LogP contribution in [0.15, 0.2) is 10.8 Å². The lowest BCUT2D eigenvalue weighted by Gasteiger charge is -2.34. The van der Waals surface area contributed by atoms with Crippen molar-refractivity contribution >= 4 is 5.91 Å². The summed E-state index contributed by atoms with van der Waals surface area (Å²) in [6, 6.07) is 0.794. The van der Waals surface area contributed by atoms with Gasteiger partial charge in [0.1, 0.15) is 5.76 Å². The molecule has 0 spiro atoms. The Morgan fingerprint density at radius 2 is 2.32 bits per heavy atom. The van der Waals surface area contributed by atoms with Crippen LogP contribution in [-0.4, -0.2) is 66.0 Å². The van der Waals surface area contributed by atoms with E-state index in [4.69, 9.17) is 4.42 Å². The van der Waals surface area contributed by atoms with Gasteiger partial charge in [0.25, 0.3) is 5.91 Å². The van der Waals surface area contributed by atoms with E-state index in [1.807, 2.05) is 0 Å². The molecule has 0 aromatic carbocycles. The van der Waals surface area contributed by atoms with E-state index in [9.17, 15) is 4.79 Å². The first-order valence-corrected chi connectivity index (χ1v) is 6.77. The standard InChI is InChI=1S/C13H20N4O2/c1-9-12(14-8-19-9)13(18)15-10-5-11-7-16(2)3-4-17(11)6-10/h8,10-11H,3-7H2,1-2H3,(H,15,18)/t10-,11-/m0/s1. The van der Waals surface area contributed by atoms with Crippen molar-refractivity contribution in [3.8, 4) is 0 Å². The monoisotopic (exact) mass is 264 g/mol. The van der Waals surface area contributed by atoms with Crippen LogP contribution in [0.2, 0.25) is 0 Å². The normalized spacial score (nSPS) is 28.3. The molecule has 3 rings (SSSR count). The predicted molar refractivity (Wildman–Crippen MR) is 70.0 cm³/mol. The van der Waals surface area contributed by atoms with Crippen LogP contribution >= 0.6 is 0 Å². The average molecular weight is 264 g/mol. The van der Waals surface area contributed by atoms with Gasteiger partial charge in [0.15, 0.2) is 12.1 Å². The van der Waals surface area contributed by atoms with Gasteiger partial charge in [-0.1, -0.05) is 0 Å². The van der Waals surface area contributed by atoms with Crippen molar-refractivity contribution in [1.82, 2.24) is 20.1 Å². The summed E-state index contributed by atoms with van der Waals surface area (Å²) in [5, 5.41) is 3.07. The first-order valence-electron chi connectivity index (χ1n) is 6.77. The van der Waals surface area contributed by atoms with Crippen molar-refractivity contribution in [2.24, 2.45) is 0 Å². The molecule has 0 bridgehead atoms. The van der Waals surface area contributed by atoms with E-state index in [-0.39, 0.29) is 11.9 Å². The number of aromatic nitrogens is 1. The summed E-state index contributed by atoms with van der Waals surface area (Å²) in [6.07, 6.45) is 2.34. The molecule has 6 nitrogen and oxygen atoms in total. The average Bonchev–Trinajstić information content (AvgIpc) is 2.94. The number of fused-ring (bicyclic) bond motifs is 1. The van der Waals surface area contributed by atoms with Crippen molar-refractivity contribution in [3.05, 3.63) is 17.8 Å². The lowest BCUT2D eigenvalue weighted by molar-refractivity contribution is 0.0930. The zero-order valence-electron chi connectivity index (χ0n) is 11.4. The van der Waals surface area contributed by atoms with Crippen LogP contribution in [0, 0.1) is 6.92 Å². The van der Waals surface area contributed by atoms with Gasteiger partial charge in [-0.25, -0.2) is 4.98 Å². The molecule has 1 N–H and O–H groups in total. The van der Waals surface area contributed by atoms with E-state index in [0.717, 1.165) is 32.6 Å². The van der Waals surface area contributed by atoms with Gasteiger partial charge in [-0.15, -0.1) is 0 Å². The fraction of sp³-hybridized carbons (Fsp3) is 0.692. The largest absolute Gasteiger partial charge is 0.448 e. The number of aryl methyl sites for hydroxylation is 1. The van der Waals surface area contributed by atoms with Gasteiger partial charge < -0.3 is 14.6 Å². The Labute approximate surface area is 112 Å². The highest BCUT2D eigenvalue weighted by atomic mass is 16.3. The van der Waals surface area contributed by atoms with E-state index in [2.05, 4.69) is 27.1 Å². The van der Waals surface area contributed by atoms with Gasteiger partial charge in [-0.3, -0.25) is 9.69 Å². The number of hydrogen-bond acceptors (Lipinski definition) is 5. The molecule has 19 heavy (non-hydrogen) atoms. The van der Waals surface area contributed by atoms with Gasteiger partial charge in [0.05, 0.1) is 0 Å². The second-order valence-corrected chi connectivity index (χ2v) is 5.57. The maximum Gasteiger partial charge on any atom is 0.273 e. The van der Waals surface area contributed by atoms with Crippen molar-refractivity contribution in [3.63, 3.8) is 0 Å². The second kappa shape index (κ2) is 4.94. The van der Waals surface area contributed by atoms with Crippen molar-refractivity contribution in [2.75, 3.05) is 33.2 Å². The number of nitrogens with one attached hydrogen (secondary N) is 1. The van der Waals surface area contributed by atoms with Crippen LogP contribution in [0.25, 0.3) is 0 Å². The van der Waals surface area contributed by atoms with E-state index in [1.165, 1.54) is 6.39 Å². The van der Waals surface area contributed by atoms with Gasteiger partial charge in [0.2, 0.25) is 0 Å². The molecule has 2 saturated heterocycles. The Bertz CT molecular complexity index is 473. The van der Waals surface area contributed by atoms with Crippen LogP contribution < -0.4 is 5.32 Å². The third-order valence-corrected chi connectivity index (χ3v) is 4.11. The molecule has 6 heteroatoms. The van der Waals surface area contributed by atoms with Crippen LogP contribution in [0.4, 0.5) is 0 Å². The van der Waals surface area contributed by atoms with Gasteiger partial charge >= 0.3 is 0 Å². The third-order valence-electron chi connectivity index (χ3n) is 4.11. The summed E-state index contributed by atoms with van der Waals surface area (Å²) in [7, 11) is 2.15. The first-order chi connectivity index (χ1) is 9.13. The van der Waals surface area contributed by atoms with Gasteiger partial charge in [0, 0.05) is 38.3 Å². The highest BCUT2D eigenvalue weighted by Gasteiger charge is 2.36. The molecule has 2 fully saturated rings. The summed E-state index contributed by atoms with van der Waals surface area (Å²) < 4.78 is 5.07. The molecule has 104 valence electrons. The van der Waals surface area contributed by atoms with Crippen LogP contribution in [0.3, 0.4) is 0 Å². The van der Waals surface area contributed by atoms with E-state index < -0.39 is 0 Å². The number of oxazole rings is 1. The highest BCUT2D eigenvalue weighted by Crippen LogP contribution is 2.21. The number of piperazine rings is 1. The molecular weight excluding hydrogens is 244 g/mol. The topological polar surface area (TPSA) is 61.6 Å². The predicted octanol–water partition coefficient (Wildman–Crippen LogP) is 0.101. The molecule has 1 aromatic rings. The number of amides is 1. The lowest BCUT2D eigenvalue weighted by atomic mass is 10.1. The van der Waals surface area contributed by atoms with E-state index >= 15 is 0 Å². The second-order valence-electron chi connectivity index (χ2n) is 5.57. The zero-order valence-corrected chi connectivity index (χ0v) is 11.4. The SMILES string of the molecule is Cc1ocnc1C(=O)N[C@H]1C[C@H]2CN(C)CCN2C1. The van der Waals surface area contributed by atoms with Crippen LogP contribution in [0.5, 0.6) is 0 Å². The Hall–Kier alpha value is -1.40. The summed E-state index contributed by atoms with van der Waals surface area (Å²) in [5.74, 6) is 0.456. The van der Waals surface area contributed by atoms with Crippen molar-refractivity contribution in [1.29, 1.82) is 0 Å². The van der Waals surface area contributed by atoms with Crippen LogP contribution in [-0.2, 0) is 0 Å². The summed E-state index contributed by atoms with van der Waals surface area (Å²) >= 11 is 0. The molecule has 0 radical (unpaired) electrons. The molecule has 0 unspecified atom stereocenters.